The minimum absolute atomic E-state index is 0.00161. The zero-order chi connectivity index (χ0) is 16.9. The van der Waals surface area contributed by atoms with Crippen molar-refractivity contribution >= 4 is 17.6 Å². The molecular formula is C18H25NO4. The van der Waals surface area contributed by atoms with Crippen molar-refractivity contribution < 1.29 is 19.4 Å². The first-order chi connectivity index (χ1) is 10.9. The third-order valence-corrected chi connectivity index (χ3v) is 4.55. The highest BCUT2D eigenvalue weighted by Crippen LogP contribution is 2.25. The molecule has 0 unspecified atom stereocenters. The molecule has 0 atom stereocenters. The standard InChI is InChI=1S/C18H25NO4/c1-18(2,17(21)22)14-4-6-15(7-5-14)19-16(20)8-3-13-9-11-23-12-10-13/h4-7,13H,3,8-12H2,1-2H3,(H,19,20)(H,21,22). The van der Waals surface area contributed by atoms with Crippen molar-refractivity contribution in [3.63, 3.8) is 0 Å². The number of carbonyl (C=O) groups excluding carboxylic acids is 1. The number of nitrogens with one attached hydrogen (secondary N) is 1. The second-order valence-corrected chi connectivity index (χ2v) is 6.65. The highest BCUT2D eigenvalue weighted by atomic mass is 16.5. The molecule has 1 aliphatic heterocycles. The smallest absolute Gasteiger partial charge is 0.313 e. The highest BCUT2D eigenvalue weighted by molar-refractivity contribution is 5.90. The Morgan fingerprint density at radius 1 is 1.22 bits per heavy atom. The number of benzene rings is 1. The lowest BCUT2D eigenvalue weighted by atomic mass is 9.85. The number of hydrogen-bond acceptors (Lipinski definition) is 3. The van der Waals surface area contributed by atoms with E-state index in [1.165, 1.54) is 0 Å². The topological polar surface area (TPSA) is 75.6 Å². The number of hydrogen-bond donors (Lipinski definition) is 2. The minimum atomic E-state index is -0.939. The molecule has 5 heteroatoms. The SMILES string of the molecule is CC(C)(C(=O)O)c1ccc(NC(=O)CCC2CCOCC2)cc1. The molecule has 0 aliphatic carbocycles. The van der Waals surface area contributed by atoms with Gasteiger partial charge in [0.05, 0.1) is 5.41 Å². The molecule has 0 saturated carbocycles. The third-order valence-electron chi connectivity index (χ3n) is 4.55. The molecule has 1 aromatic carbocycles. The number of anilines is 1. The molecule has 1 saturated heterocycles. The maximum Gasteiger partial charge on any atom is 0.313 e. The maximum absolute atomic E-state index is 12.0. The van der Waals surface area contributed by atoms with Gasteiger partial charge in [0, 0.05) is 25.3 Å². The summed E-state index contributed by atoms with van der Waals surface area (Å²) in [6.45, 7) is 4.92. The molecule has 1 amide bonds. The van der Waals surface area contributed by atoms with E-state index in [0.717, 1.165) is 32.5 Å². The van der Waals surface area contributed by atoms with Gasteiger partial charge in [-0.3, -0.25) is 9.59 Å². The van der Waals surface area contributed by atoms with Crippen LogP contribution < -0.4 is 5.32 Å². The molecule has 2 N–H and O–H groups in total. The molecule has 0 radical (unpaired) electrons. The number of ether oxygens (including phenoxy) is 1. The van der Waals surface area contributed by atoms with E-state index in [1.54, 1.807) is 38.1 Å². The molecule has 2 rings (SSSR count). The second kappa shape index (κ2) is 7.59. The lowest BCUT2D eigenvalue weighted by Gasteiger charge is -2.21. The number of amides is 1. The van der Waals surface area contributed by atoms with E-state index in [2.05, 4.69) is 5.32 Å². The summed E-state index contributed by atoms with van der Waals surface area (Å²) in [6.07, 6.45) is 3.46. The van der Waals surface area contributed by atoms with Crippen molar-refractivity contribution in [1.82, 2.24) is 0 Å². The van der Waals surface area contributed by atoms with Crippen LogP contribution in [0.1, 0.15) is 45.1 Å². The summed E-state index contributed by atoms with van der Waals surface area (Å²) < 4.78 is 5.32. The molecule has 5 nitrogen and oxygen atoms in total. The van der Waals surface area contributed by atoms with E-state index in [1.807, 2.05) is 0 Å². The van der Waals surface area contributed by atoms with Gasteiger partial charge in [0.15, 0.2) is 0 Å². The third kappa shape index (κ3) is 4.79. The van der Waals surface area contributed by atoms with Crippen molar-refractivity contribution in [2.75, 3.05) is 18.5 Å². The van der Waals surface area contributed by atoms with Gasteiger partial charge in [0.2, 0.25) is 5.91 Å². The number of aliphatic carboxylic acids is 1. The highest BCUT2D eigenvalue weighted by Gasteiger charge is 2.29. The Bertz CT molecular complexity index is 545. The predicted molar refractivity (Wildman–Crippen MR) is 88.5 cm³/mol. The van der Waals surface area contributed by atoms with Crippen molar-refractivity contribution in [2.45, 2.75) is 44.9 Å². The molecule has 0 bridgehead atoms. The monoisotopic (exact) mass is 319 g/mol. The Labute approximate surface area is 137 Å². The Hall–Kier alpha value is -1.88. The number of carbonyl (C=O) groups is 2. The molecule has 1 fully saturated rings. The van der Waals surface area contributed by atoms with Crippen LogP contribution in [-0.4, -0.2) is 30.2 Å². The zero-order valence-corrected chi connectivity index (χ0v) is 13.8. The largest absolute Gasteiger partial charge is 0.481 e. The summed E-state index contributed by atoms with van der Waals surface area (Å²) in [6, 6.07) is 7.02. The Kier molecular flexibility index (Phi) is 5.77. The van der Waals surface area contributed by atoms with Gasteiger partial charge in [-0.2, -0.15) is 0 Å². The number of carboxylic acids is 1. The summed E-state index contributed by atoms with van der Waals surface area (Å²) in [5.41, 5.74) is 0.475. The number of carboxylic acid groups (broad SMARTS) is 1. The van der Waals surface area contributed by atoms with E-state index in [0.29, 0.717) is 23.6 Å². The molecule has 23 heavy (non-hydrogen) atoms. The van der Waals surface area contributed by atoms with Gasteiger partial charge in [0.1, 0.15) is 0 Å². The minimum Gasteiger partial charge on any atom is -0.481 e. The summed E-state index contributed by atoms with van der Waals surface area (Å²) in [5.74, 6) is -0.291. The molecule has 126 valence electrons. The first-order valence-corrected chi connectivity index (χ1v) is 8.11. The summed E-state index contributed by atoms with van der Waals surface area (Å²) in [4.78, 5) is 23.2. The van der Waals surface area contributed by atoms with Crippen LogP contribution in [0.15, 0.2) is 24.3 Å². The summed E-state index contributed by atoms with van der Waals surface area (Å²) in [5, 5.41) is 12.1. The van der Waals surface area contributed by atoms with E-state index in [-0.39, 0.29) is 5.91 Å². The molecule has 0 aromatic heterocycles. The first kappa shape index (κ1) is 17.5. The Morgan fingerprint density at radius 2 is 1.83 bits per heavy atom. The molecule has 1 aliphatic rings. The van der Waals surface area contributed by atoms with E-state index in [4.69, 9.17) is 4.74 Å². The zero-order valence-electron chi connectivity index (χ0n) is 13.8. The molecule has 1 aromatic rings. The van der Waals surface area contributed by atoms with E-state index in [9.17, 15) is 14.7 Å². The maximum atomic E-state index is 12.0. The van der Waals surface area contributed by atoms with Gasteiger partial charge in [-0.1, -0.05) is 12.1 Å². The van der Waals surface area contributed by atoms with Gasteiger partial charge in [-0.15, -0.1) is 0 Å². The van der Waals surface area contributed by atoms with Crippen molar-refractivity contribution in [1.29, 1.82) is 0 Å². The molecule has 0 spiro atoms. The second-order valence-electron chi connectivity index (χ2n) is 6.65. The predicted octanol–water partition coefficient (Wildman–Crippen LogP) is 3.19. The van der Waals surface area contributed by atoms with Gasteiger partial charge < -0.3 is 15.2 Å². The Balaban J connectivity index is 1.85. The van der Waals surface area contributed by atoms with Crippen LogP contribution in [0.3, 0.4) is 0 Å². The van der Waals surface area contributed by atoms with E-state index >= 15 is 0 Å². The fourth-order valence-corrected chi connectivity index (χ4v) is 2.69. The van der Waals surface area contributed by atoms with Gasteiger partial charge in [-0.25, -0.2) is 0 Å². The van der Waals surface area contributed by atoms with Crippen molar-refractivity contribution in [2.24, 2.45) is 5.92 Å². The van der Waals surface area contributed by atoms with Crippen LogP contribution in [0.2, 0.25) is 0 Å². The molecular weight excluding hydrogens is 294 g/mol. The van der Waals surface area contributed by atoms with Crippen LogP contribution in [0.5, 0.6) is 0 Å². The first-order valence-electron chi connectivity index (χ1n) is 8.11. The lowest BCUT2D eigenvalue weighted by molar-refractivity contribution is -0.142. The van der Waals surface area contributed by atoms with Crippen LogP contribution in [0.25, 0.3) is 0 Å². The van der Waals surface area contributed by atoms with Crippen LogP contribution in [-0.2, 0) is 19.7 Å². The van der Waals surface area contributed by atoms with Gasteiger partial charge in [0.25, 0.3) is 0 Å². The molecule has 1 heterocycles. The number of rotatable bonds is 6. The van der Waals surface area contributed by atoms with Crippen LogP contribution >= 0.6 is 0 Å². The lowest BCUT2D eigenvalue weighted by Crippen LogP contribution is -2.28. The summed E-state index contributed by atoms with van der Waals surface area (Å²) >= 11 is 0. The average Bonchev–Trinajstić information content (AvgIpc) is 2.54. The van der Waals surface area contributed by atoms with Crippen LogP contribution in [0.4, 0.5) is 5.69 Å². The van der Waals surface area contributed by atoms with Crippen LogP contribution in [0, 0.1) is 5.92 Å². The quantitative estimate of drug-likeness (QED) is 0.844. The average molecular weight is 319 g/mol. The van der Waals surface area contributed by atoms with Crippen molar-refractivity contribution in [3.8, 4) is 0 Å². The fraction of sp³-hybridized carbons (Fsp3) is 0.556. The van der Waals surface area contributed by atoms with Gasteiger partial charge >= 0.3 is 5.97 Å². The van der Waals surface area contributed by atoms with Crippen molar-refractivity contribution in [3.05, 3.63) is 29.8 Å². The Morgan fingerprint density at radius 3 is 2.39 bits per heavy atom. The summed E-state index contributed by atoms with van der Waals surface area (Å²) in [7, 11) is 0. The fourth-order valence-electron chi connectivity index (χ4n) is 2.69. The van der Waals surface area contributed by atoms with Gasteiger partial charge in [-0.05, 0) is 56.7 Å². The normalized spacial score (nSPS) is 16.1. The van der Waals surface area contributed by atoms with E-state index < -0.39 is 11.4 Å².